The molecule has 1 N–H and O–H groups in total. The van der Waals surface area contributed by atoms with Crippen LogP contribution in [0.25, 0.3) is 11.4 Å². The Morgan fingerprint density at radius 3 is 2.73 bits per heavy atom. The molecule has 78 valence electrons. The first-order valence-electron chi connectivity index (χ1n) is 4.28. The van der Waals surface area contributed by atoms with Crippen molar-refractivity contribution in [2.45, 2.75) is 6.92 Å². The van der Waals surface area contributed by atoms with Crippen molar-refractivity contribution in [1.29, 1.82) is 0 Å². The lowest BCUT2D eigenvalue weighted by atomic mass is 10.3. The van der Waals surface area contributed by atoms with Gasteiger partial charge in [0, 0.05) is 18.5 Å². The van der Waals surface area contributed by atoms with E-state index in [-0.39, 0.29) is 5.69 Å². The average molecular weight is 223 g/mol. The van der Waals surface area contributed by atoms with Crippen LogP contribution in [-0.2, 0) is 7.05 Å². The van der Waals surface area contributed by atoms with E-state index in [4.69, 9.17) is 5.11 Å². The fourth-order valence-corrected chi connectivity index (χ4v) is 1.88. The molecule has 2 aromatic heterocycles. The summed E-state index contributed by atoms with van der Waals surface area (Å²) in [6.07, 6.45) is 0. The Morgan fingerprint density at radius 2 is 2.27 bits per heavy atom. The summed E-state index contributed by atoms with van der Waals surface area (Å²) in [5, 5.41) is 15.7. The summed E-state index contributed by atoms with van der Waals surface area (Å²) in [7, 11) is 1.60. The van der Waals surface area contributed by atoms with Gasteiger partial charge in [0.25, 0.3) is 0 Å². The zero-order chi connectivity index (χ0) is 11.0. The third-order valence-electron chi connectivity index (χ3n) is 1.98. The molecule has 0 unspecified atom stereocenters. The van der Waals surface area contributed by atoms with Crippen LogP contribution in [0.1, 0.15) is 15.5 Å². The quantitative estimate of drug-likeness (QED) is 0.838. The van der Waals surface area contributed by atoms with Gasteiger partial charge in [0.05, 0.1) is 5.01 Å². The number of carbonyl (C=O) groups is 1. The van der Waals surface area contributed by atoms with Crippen molar-refractivity contribution in [3.63, 3.8) is 0 Å². The minimum Gasteiger partial charge on any atom is -0.477 e. The Balaban J connectivity index is 2.46. The van der Waals surface area contributed by atoms with Gasteiger partial charge in [-0.3, -0.25) is 4.68 Å². The van der Waals surface area contributed by atoms with E-state index >= 15 is 0 Å². The molecule has 15 heavy (non-hydrogen) atoms. The van der Waals surface area contributed by atoms with Crippen molar-refractivity contribution in [2.75, 3.05) is 0 Å². The highest BCUT2D eigenvalue weighted by Gasteiger charge is 2.14. The average Bonchev–Trinajstić information content (AvgIpc) is 2.71. The van der Waals surface area contributed by atoms with Crippen LogP contribution < -0.4 is 0 Å². The van der Waals surface area contributed by atoms with Gasteiger partial charge in [-0.2, -0.15) is 5.10 Å². The maximum atomic E-state index is 10.8. The van der Waals surface area contributed by atoms with Gasteiger partial charge in [-0.1, -0.05) is 0 Å². The lowest BCUT2D eigenvalue weighted by Gasteiger charge is -1.91. The van der Waals surface area contributed by atoms with Crippen LogP contribution in [0.15, 0.2) is 11.4 Å². The summed E-state index contributed by atoms with van der Waals surface area (Å²) < 4.78 is 1.34. The smallest absolute Gasteiger partial charge is 0.354 e. The molecule has 0 aliphatic heterocycles. The van der Waals surface area contributed by atoms with Crippen molar-refractivity contribution < 1.29 is 9.90 Å². The summed E-state index contributed by atoms with van der Waals surface area (Å²) >= 11 is 1.51. The minimum atomic E-state index is -0.983. The Bertz CT molecular complexity index is 515. The standard InChI is InChI=1S/C9H9N3O2S/c1-5-10-7(4-15-5)6-3-8(9(13)14)12(2)11-6/h3-4H,1-2H3,(H,13,14). The van der Waals surface area contributed by atoms with Crippen LogP contribution in [0.2, 0.25) is 0 Å². The number of thiazole rings is 1. The van der Waals surface area contributed by atoms with Crippen molar-refractivity contribution in [1.82, 2.24) is 14.8 Å². The third-order valence-corrected chi connectivity index (χ3v) is 2.75. The van der Waals surface area contributed by atoms with E-state index in [1.807, 2.05) is 12.3 Å². The summed E-state index contributed by atoms with van der Waals surface area (Å²) in [5.41, 5.74) is 1.48. The molecule has 0 radical (unpaired) electrons. The molecule has 0 saturated carbocycles. The Morgan fingerprint density at radius 1 is 1.53 bits per heavy atom. The van der Waals surface area contributed by atoms with Gasteiger partial charge >= 0.3 is 5.97 Å². The topological polar surface area (TPSA) is 68.0 Å². The number of hydrogen-bond acceptors (Lipinski definition) is 4. The first kappa shape index (κ1) is 9.85. The van der Waals surface area contributed by atoms with Crippen LogP contribution in [0.5, 0.6) is 0 Å². The molecule has 5 nitrogen and oxygen atoms in total. The van der Waals surface area contributed by atoms with E-state index in [2.05, 4.69) is 10.1 Å². The zero-order valence-corrected chi connectivity index (χ0v) is 9.08. The lowest BCUT2D eigenvalue weighted by molar-refractivity contribution is 0.0685. The van der Waals surface area contributed by atoms with Gasteiger partial charge in [0.15, 0.2) is 0 Å². The largest absolute Gasteiger partial charge is 0.477 e. The summed E-state index contributed by atoms with van der Waals surface area (Å²) in [6, 6.07) is 1.52. The summed E-state index contributed by atoms with van der Waals surface area (Å²) in [6.45, 7) is 1.90. The molecule has 0 saturated heterocycles. The number of aromatic carboxylic acids is 1. The van der Waals surface area contributed by atoms with Gasteiger partial charge in [0.2, 0.25) is 0 Å². The van der Waals surface area contributed by atoms with Crippen molar-refractivity contribution in [3.05, 3.63) is 22.1 Å². The van der Waals surface area contributed by atoms with Gasteiger partial charge < -0.3 is 5.11 Å². The SMILES string of the molecule is Cc1nc(-c2cc(C(=O)O)n(C)n2)cs1. The molecule has 0 amide bonds. The van der Waals surface area contributed by atoms with Gasteiger partial charge in [-0.15, -0.1) is 11.3 Å². The summed E-state index contributed by atoms with van der Waals surface area (Å²) in [4.78, 5) is 15.0. The number of hydrogen-bond donors (Lipinski definition) is 1. The molecule has 6 heteroatoms. The van der Waals surface area contributed by atoms with Crippen LogP contribution in [0.3, 0.4) is 0 Å². The van der Waals surface area contributed by atoms with Crippen molar-refractivity contribution in [2.24, 2.45) is 7.05 Å². The molecule has 0 aliphatic carbocycles. The predicted molar refractivity (Wildman–Crippen MR) is 56.0 cm³/mol. The van der Waals surface area contributed by atoms with Crippen LogP contribution in [0.4, 0.5) is 0 Å². The number of nitrogens with zero attached hydrogens (tertiary/aromatic N) is 3. The summed E-state index contributed by atoms with van der Waals surface area (Å²) in [5.74, 6) is -0.983. The molecule has 0 bridgehead atoms. The fraction of sp³-hybridized carbons (Fsp3) is 0.222. The number of rotatable bonds is 2. The highest BCUT2D eigenvalue weighted by molar-refractivity contribution is 7.09. The Hall–Kier alpha value is -1.69. The van der Waals surface area contributed by atoms with Crippen molar-refractivity contribution in [3.8, 4) is 11.4 Å². The number of carboxylic acids is 1. The fourth-order valence-electron chi connectivity index (χ4n) is 1.27. The first-order chi connectivity index (χ1) is 7.08. The number of aryl methyl sites for hydroxylation is 2. The molecular formula is C9H9N3O2S. The highest BCUT2D eigenvalue weighted by Crippen LogP contribution is 2.20. The van der Waals surface area contributed by atoms with Crippen LogP contribution >= 0.6 is 11.3 Å². The first-order valence-corrected chi connectivity index (χ1v) is 5.15. The lowest BCUT2D eigenvalue weighted by Crippen LogP contribution is -2.04. The second-order valence-electron chi connectivity index (χ2n) is 3.10. The van der Waals surface area contributed by atoms with E-state index in [1.165, 1.54) is 22.1 Å². The molecule has 2 heterocycles. The Kier molecular flexibility index (Phi) is 2.28. The van der Waals surface area contributed by atoms with E-state index < -0.39 is 5.97 Å². The Labute approximate surface area is 90.0 Å². The molecular weight excluding hydrogens is 214 g/mol. The van der Waals surface area contributed by atoms with E-state index in [1.54, 1.807) is 7.05 Å². The van der Waals surface area contributed by atoms with E-state index in [0.29, 0.717) is 5.69 Å². The van der Waals surface area contributed by atoms with E-state index in [0.717, 1.165) is 10.7 Å². The van der Waals surface area contributed by atoms with Gasteiger partial charge in [-0.25, -0.2) is 9.78 Å². The molecule has 2 aromatic rings. The molecule has 0 aliphatic rings. The van der Waals surface area contributed by atoms with Crippen molar-refractivity contribution >= 4 is 17.3 Å². The third kappa shape index (κ3) is 1.75. The van der Waals surface area contributed by atoms with Crippen LogP contribution in [0, 0.1) is 6.92 Å². The minimum absolute atomic E-state index is 0.163. The molecule has 0 aromatic carbocycles. The molecule has 0 spiro atoms. The van der Waals surface area contributed by atoms with E-state index in [9.17, 15) is 4.79 Å². The van der Waals surface area contributed by atoms with Crippen LogP contribution in [-0.4, -0.2) is 25.8 Å². The normalized spacial score (nSPS) is 10.5. The molecule has 0 atom stereocenters. The number of aromatic nitrogens is 3. The number of carboxylic acid groups (broad SMARTS) is 1. The second kappa shape index (κ2) is 3.47. The zero-order valence-electron chi connectivity index (χ0n) is 8.26. The molecule has 2 rings (SSSR count). The second-order valence-corrected chi connectivity index (χ2v) is 4.16. The maximum Gasteiger partial charge on any atom is 0.354 e. The van der Waals surface area contributed by atoms with Gasteiger partial charge in [-0.05, 0) is 6.92 Å². The predicted octanol–water partition coefficient (Wildman–Crippen LogP) is 1.55. The van der Waals surface area contributed by atoms with Gasteiger partial charge in [0.1, 0.15) is 17.1 Å². The maximum absolute atomic E-state index is 10.8. The highest BCUT2D eigenvalue weighted by atomic mass is 32.1. The molecule has 0 fully saturated rings. The monoisotopic (exact) mass is 223 g/mol.